The van der Waals surface area contributed by atoms with Gasteiger partial charge < -0.3 is 11.1 Å². The Labute approximate surface area is 140 Å². The van der Waals surface area contributed by atoms with Crippen LogP contribution in [0.4, 0.5) is 11.4 Å². The maximum atomic E-state index is 5.72. The topological polar surface area (TPSA) is 38.0 Å². The number of benzene rings is 2. The first-order valence-corrected chi connectivity index (χ1v) is 8.82. The Morgan fingerprint density at radius 2 is 1.65 bits per heavy atom. The lowest BCUT2D eigenvalue weighted by Crippen LogP contribution is -2.22. The van der Waals surface area contributed by atoms with Crippen LogP contribution in [-0.2, 0) is 6.54 Å². The van der Waals surface area contributed by atoms with Crippen molar-refractivity contribution in [3.63, 3.8) is 0 Å². The molecule has 0 aromatic heterocycles. The van der Waals surface area contributed by atoms with Gasteiger partial charge in [0.15, 0.2) is 0 Å². The van der Waals surface area contributed by atoms with Gasteiger partial charge >= 0.3 is 0 Å². The normalized spacial score (nSPS) is 24.3. The number of nitrogens with one attached hydrogen (secondary N) is 1. The summed E-state index contributed by atoms with van der Waals surface area (Å²) in [6.45, 7) is 5.65. The molecule has 1 fully saturated rings. The van der Waals surface area contributed by atoms with E-state index in [1.165, 1.54) is 36.1 Å². The fraction of sp³-hybridized carbons (Fsp3) is 0.429. The lowest BCUT2D eigenvalue weighted by Gasteiger charge is -2.34. The summed E-state index contributed by atoms with van der Waals surface area (Å²) < 4.78 is 0. The van der Waals surface area contributed by atoms with E-state index in [9.17, 15) is 0 Å². The zero-order valence-electron chi connectivity index (χ0n) is 14.3. The van der Waals surface area contributed by atoms with Crippen LogP contribution in [0.15, 0.2) is 48.5 Å². The van der Waals surface area contributed by atoms with Crippen molar-refractivity contribution < 1.29 is 0 Å². The van der Waals surface area contributed by atoms with E-state index in [0.717, 1.165) is 30.0 Å². The Hall–Kier alpha value is -1.96. The van der Waals surface area contributed by atoms with Crippen LogP contribution in [0.1, 0.15) is 50.2 Å². The average molecular weight is 308 g/mol. The van der Waals surface area contributed by atoms with Crippen LogP contribution in [0.5, 0.6) is 0 Å². The molecule has 1 saturated carbocycles. The molecule has 3 atom stereocenters. The molecule has 0 radical (unpaired) electrons. The first kappa shape index (κ1) is 15.9. The Balaban J connectivity index is 1.61. The van der Waals surface area contributed by atoms with Gasteiger partial charge in [-0.05, 0) is 59.6 Å². The molecule has 1 aliphatic rings. The fourth-order valence-electron chi connectivity index (χ4n) is 3.74. The number of nitrogen functional groups attached to an aromatic ring is 1. The second-order valence-electron chi connectivity index (χ2n) is 7.09. The third-order valence-electron chi connectivity index (χ3n) is 5.52. The summed E-state index contributed by atoms with van der Waals surface area (Å²) in [5.41, 5.74) is 10.5. The summed E-state index contributed by atoms with van der Waals surface area (Å²) in [6, 6.07) is 17.1. The van der Waals surface area contributed by atoms with Gasteiger partial charge in [-0.2, -0.15) is 0 Å². The van der Waals surface area contributed by atoms with E-state index in [0.29, 0.717) is 0 Å². The molecule has 3 rings (SSSR count). The molecule has 0 bridgehead atoms. The number of rotatable bonds is 4. The number of hydrogen-bond acceptors (Lipinski definition) is 2. The van der Waals surface area contributed by atoms with Gasteiger partial charge in [0.2, 0.25) is 0 Å². The molecule has 2 aromatic rings. The molecule has 23 heavy (non-hydrogen) atoms. The maximum absolute atomic E-state index is 5.72. The molecular formula is C21H28N2. The Kier molecular flexibility index (Phi) is 4.90. The highest BCUT2D eigenvalue weighted by molar-refractivity contribution is 5.47. The van der Waals surface area contributed by atoms with Crippen molar-refractivity contribution >= 4 is 11.4 Å². The molecule has 3 unspecified atom stereocenters. The zero-order chi connectivity index (χ0) is 16.2. The summed E-state index contributed by atoms with van der Waals surface area (Å²) in [6.07, 6.45) is 4.09. The predicted molar refractivity (Wildman–Crippen MR) is 99.5 cm³/mol. The van der Waals surface area contributed by atoms with Gasteiger partial charge in [0.05, 0.1) is 0 Å². The van der Waals surface area contributed by atoms with E-state index in [-0.39, 0.29) is 0 Å². The third-order valence-corrected chi connectivity index (χ3v) is 5.52. The maximum Gasteiger partial charge on any atom is 0.0400 e. The van der Waals surface area contributed by atoms with Crippen molar-refractivity contribution in [3.05, 3.63) is 59.7 Å². The lowest BCUT2D eigenvalue weighted by atomic mass is 9.71. The van der Waals surface area contributed by atoms with E-state index in [1.807, 2.05) is 12.1 Å². The van der Waals surface area contributed by atoms with Crippen LogP contribution < -0.4 is 11.1 Å². The molecular weight excluding hydrogens is 280 g/mol. The minimum atomic E-state index is 0.727. The highest BCUT2D eigenvalue weighted by Gasteiger charge is 2.27. The minimum absolute atomic E-state index is 0.727. The summed E-state index contributed by atoms with van der Waals surface area (Å²) in [5.74, 6) is 2.36. The summed E-state index contributed by atoms with van der Waals surface area (Å²) in [5, 5.41) is 3.49. The molecule has 3 N–H and O–H groups in total. The molecule has 0 amide bonds. The quantitative estimate of drug-likeness (QED) is 0.740. The van der Waals surface area contributed by atoms with Crippen LogP contribution in [0.25, 0.3) is 0 Å². The monoisotopic (exact) mass is 308 g/mol. The predicted octanol–water partition coefficient (Wildman–Crippen LogP) is 5.42. The van der Waals surface area contributed by atoms with Crippen LogP contribution in [0.3, 0.4) is 0 Å². The second-order valence-corrected chi connectivity index (χ2v) is 7.09. The van der Waals surface area contributed by atoms with E-state index in [1.54, 1.807) is 0 Å². The molecule has 1 aliphatic carbocycles. The van der Waals surface area contributed by atoms with Crippen LogP contribution in [0.2, 0.25) is 0 Å². The molecule has 122 valence electrons. The standard InChI is InChI=1S/C21H28N2/c1-15-4-3-5-21(16(15)2)18-8-12-20(13-9-18)23-14-17-6-10-19(22)11-7-17/h6-13,15-16,21,23H,3-5,14,22H2,1-2H3. The zero-order valence-corrected chi connectivity index (χ0v) is 14.3. The third kappa shape index (κ3) is 3.87. The summed E-state index contributed by atoms with van der Waals surface area (Å²) >= 11 is 0. The van der Waals surface area contributed by atoms with Crippen LogP contribution >= 0.6 is 0 Å². The first-order valence-electron chi connectivity index (χ1n) is 8.82. The van der Waals surface area contributed by atoms with E-state index in [2.05, 4.69) is 55.6 Å². The number of hydrogen-bond donors (Lipinski definition) is 2. The molecule has 0 saturated heterocycles. The number of anilines is 2. The molecule has 2 aromatic carbocycles. The van der Waals surface area contributed by atoms with Crippen molar-refractivity contribution in [2.75, 3.05) is 11.1 Å². The van der Waals surface area contributed by atoms with Crippen molar-refractivity contribution in [2.45, 2.75) is 45.6 Å². The summed E-state index contributed by atoms with van der Waals surface area (Å²) in [7, 11) is 0. The van der Waals surface area contributed by atoms with E-state index in [4.69, 9.17) is 5.73 Å². The van der Waals surface area contributed by atoms with Gasteiger partial charge in [-0.1, -0.05) is 51.0 Å². The highest BCUT2D eigenvalue weighted by atomic mass is 14.9. The van der Waals surface area contributed by atoms with Crippen molar-refractivity contribution in [1.82, 2.24) is 0 Å². The van der Waals surface area contributed by atoms with Crippen molar-refractivity contribution in [1.29, 1.82) is 0 Å². The van der Waals surface area contributed by atoms with Crippen LogP contribution in [-0.4, -0.2) is 0 Å². The summed E-state index contributed by atoms with van der Waals surface area (Å²) in [4.78, 5) is 0. The Bertz CT molecular complexity index is 615. The lowest BCUT2D eigenvalue weighted by molar-refractivity contribution is 0.238. The molecule has 0 spiro atoms. The smallest absolute Gasteiger partial charge is 0.0400 e. The molecule has 0 aliphatic heterocycles. The largest absolute Gasteiger partial charge is 0.399 e. The Morgan fingerprint density at radius 1 is 0.957 bits per heavy atom. The van der Waals surface area contributed by atoms with Gasteiger partial charge in [-0.25, -0.2) is 0 Å². The van der Waals surface area contributed by atoms with E-state index < -0.39 is 0 Å². The second kappa shape index (κ2) is 7.08. The SMILES string of the molecule is CC1CCCC(c2ccc(NCc3ccc(N)cc3)cc2)C1C. The first-order chi connectivity index (χ1) is 11.1. The van der Waals surface area contributed by atoms with Crippen molar-refractivity contribution in [2.24, 2.45) is 11.8 Å². The molecule has 2 nitrogen and oxygen atoms in total. The Morgan fingerprint density at radius 3 is 2.35 bits per heavy atom. The number of nitrogens with two attached hydrogens (primary N) is 1. The minimum Gasteiger partial charge on any atom is -0.399 e. The fourth-order valence-corrected chi connectivity index (χ4v) is 3.74. The average Bonchev–Trinajstić information content (AvgIpc) is 2.57. The highest BCUT2D eigenvalue weighted by Crippen LogP contribution is 2.40. The van der Waals surface area contributed by atoms with Gasteiger partial charge in [-0.15, -0.1) is 0 Å². The van der Waals surface area contributed by atoms with E-state index >= 15 is 0 Å². The van der Waals surface area contributed by atoms with Crippen molar-refractivity contribution in [3.8, 4) is 0 Å². The molecule has 0 heterocycles. The van der Waals surface area contributed by atoms with Gasteiger partial charge in [0, 0.05) is 17.9 Å². The molecule has 2 heteroatoms. The van der Waals surface area contributed by atoms with Gasteiger partial charge in [0.25, 0.3) is 0 Å². The van der Waals surface area contributed by atoms with Gasteiger partial charge in [0.1, 0.15) is 0 Å². The van der Waals surface area contributed by atoms with Crippen LogP contribution in [0, 0.1) is 11.8 Å². The van der Waals surface area contributed by atoms with Gasteiger partial charge in [-0.3, -0.25) is 0 Å².